The van der Waals surface area contributed by atoms with Crippen molar-refractivity contribution in [2.24, 2.45) is 0 Å². The van der Waals surface area contributed by atoms with Crippen molar-refractivity contribution in [3.63, 3.8) is 0 Å². The molecule has 1 aromatic carbocycles. The van der Waals surface area contributed by atoms with Crippen LogP contribution in [0.2, 0.25) is 10.2 Å². The van der Waals surface area contributed by atoms with Crippen molar-refractivity contribution in [2.75, 3.05) is 5.32 Å². The van der Waals surface area contributed by atoms with E-state index in [9.17, 15) is 4.79 Å². The van der Waals surface area contributed by atoms with Gasteiger partial charge in [-0.05, 0) is 24.1 Å². The van der Waals surface area contributed by atoms with Gasteiger partial charge in [-0.25, -0.2) is 9.97 Å². The molecule has 1 N–H and O–H groups in total. The molecule has 1 aromatic heterocycles. The Bertz CT molecular complexity index is 599. The zero-order chi connectivity index (χ0) is 13.8. The fourth-order valence-electron chi connectivity index (χ4n) is 1.51. The van der Waals surface area contributed by atoms with Crippen molar-refractivity contribution in [1.82, 2.24) is 9.97 Å². The summed E-state index contributed by atoms with van der Waals surface area (Å²) in [5.41, 5.74) is 1.70. The van der Waals surface area contributed by atoms with Gasteiger partial charge in [0.1, 0.15) is 11.3 Å². The lowest BCUT2D eigenvalue weighted by Gasteiger charge is -2.07. The van der Waals surface area contributed by atoms with E-state index in [2.05, 4.69) is 22.2 Å². The lowest BCUT2D eigenvalue weighted by Crippen LogP contribution is -2.13. The molecule has 98 valence electrons. The first-order chi connectivity index (χ1) is 9.11. The molecule has 0 spiro atoms. The first-order valence-corrected chi connectivity index (χ1v) is 6.43. The Balaban J connectivity index is 2.18. The van der Waals surface area contributed by atoms with E-state index in [0.717, 1.165) is 6.42 Å². The average Bonchev–Trinajstić information content (AvgIpc) is 2.44. The molecule has 0 aliphatic rings. The highest BCUT2D eigenvalue weighted by Crippen LogP contribution is 2.25. The van der Waals surface area contributed by atoms with E-state index in [4.69, 9.17) is 23.2 Å². The minimum Gasteiger partial charge on any atom is -0.305 e. The summed E-state index contributed by atoms with van der Waals surface area (Å²) < 4.78 is 0. The number of carbonyl (C=O) groups is 1. The van der Waals surface area contributed by atoms with Gasteiger partial charge in [0.2, 0.25) is 0 Å². The molecule has 0 bridgehead atoms. The van der Waals surface area contributed by atoms with Crippen LogP contribution in [0.1, 0.15) is 22.8 Å². The van der Waals surface area contributed by atoms with Gasteiger partial charge in [-0.15, -0.1) is 0 Å². The SMILES string of the molecule is CCc1ccc(C(=O)Nc2ncnc(Cl)c2Cl)cc1. The van der Waals surface area contributed by atoms with E-state index in [1.54, 1.807) is 12.1 Å². The zero-order valence-electron chi connectivity index (χ0n) is 10.2. The molecule has 2 rings (SSSR count). The fourth-order valence-corrected chi connectivity index (χ4v) is 1.78. The van der Waals surface area contributed by atoms with Crippen LogP contribution in [0.25, 0.3) is 0 Å². The molecular weight excluding hydrogens is 285 g/mol. The Morgan fingerprint density at radius 2 is 1.89 bits per heavy atom. The first-order valence-electron chi connectivity index (χ1n) is 5.68. The quantitative estimate of drug-likeness (QED) is 0.880. The number of carbonyl (C=O) groups excluding carboxylic acids is 1. The molecule has 0 saturated heterocycles. The summed E-state index contributed by atoms with van der Waals surface area (Å²) in [5, 5.41) is 2.83. The Kier molecular flexibility index (Phi) is 4.35. The number of hydrogen-bond donors (Lipinski definition) is 1. The lowest BCUT2D eigenvalue weighted by atomic mass is 10.1. The topological polar surface area (TPSA) is 54.9 Å². The Morgan fingerprint density at radius 1 is 1.21 bits per heavy atom. The maximum atomic E-state index is 12.0. The van der Waals surface area contributed by atoms with Crippen LogP contribution in [0.5, 0.6) is 0 Å². The van der Waals surface area contributed by atoms with Gasteiger partial charge in [0.05, 0.1) is 0 Å². The van der Waals surface area contributed by atoms with Crippen LogP contribution < -0.4 is 5.32 Å². The smallest absolute Gasteiger partial charge is 0.256 e. The predicted octanol–water partition coefficient (Wildman–Crippen LogP) is 3.60. The number of aryl methyl sites for hydroxylation is 1. The number of benzene rings is 1. The lowest BCUT2D eigenvalue weighted by molar-refractivity contribution is 0.102. The molecule has 1 amide bonds. The summed E-state index contributed by atoms with van der Waals surface area (Å²) >= 11 is 11.6. The molecule has 0 aliphatic heterocycles. The van der Waals surface area contributed by atoms with Crippen molar-refractivity contribution in [3.05, 3.63) is 51.9 Å². The van der Waals surface area contributed by atoms with Crippen molar-refractivity contribution >= 4 is 34.9 Å². The maximum Gasteiger partial charge on any atom is 0.256 e. The van der Waals surface area contributed by atoms with Crippen LogP contribution in [-0.2, 0) is 6.42 Å². The number of aromatic nitrogens is 2. The van der Waals surface area contributed by atoms with Crippen LogP contribution in [0.15, 0.2) is 30.6 Å². The molecule has 6 heteroatoms. The van der Waals surface area contributed by atoms with E-state index in [0.29, 0.717) is 5.56 Å². The van der Waals surface area contributed by atoms with E-state index in [1.165, 1.54) is 11.9 Å². The highest BCUT2D eigenvalue weighted by Gasteiger charge is 2.12. The second-order valence-electron chi connectivity index (χ2n) is 3.83. The highest BCUT2D eigenvalue weighted by molar-refractivity contribution is 6.43. The van der Waals surface area contributed by atoms with Crippen LogP contribution in [0.4, 0.5) is 5.82 Å². The third-order valence-corrected chi connectivity index (χ3v) is 3.34. The van der Waals surface area contributed by atoms with Crippen molar-refractivity contribution in [1.29, 1.82) is 0 Å². The monoisotopic (exact) mass is 295 g/mol. The molecule has 2 aromatic rings. The predicted molar refractivity (Wildman–Crippen MR) is 75.8 cm³/mol. The van der Waals surface area contributed by atoms with Gasteiger partial charge in [0, 0.05) is 5.56 Å². The van der Waals surface area contributed by atoms with Gasteiger partial charge in [0.15, 0.2) is 11.0 Å². The van der Waals surface area contributed by atoms with Crippen LogP contribution >= 0.6 is 23.2 Å². The Hall–Kier alpha value is -1.65. The van der Waals surface area contributed by atoms with Gasteiger partial charge in [-0.3, -0.25) is 4.79 Å². The summed E-state index contributed by atoms with van der Waals surface area (Å²) in [5.74, 6) is -0.0921. The molecule has 1 heterocycles. The number of hydrogen-bond acceptors (Lipinski definition) is 3. The second-order valence-corrected chi connectivity index (χ2v) is 4.57. The molecule has 0 unspecified atom stereocenters. The van der Waals surface area contributed by atoms with Crippen molar-refractivity contribution in [2.45, 2.75) is 13.3 Å². The molecule has 0 saturated carbocycles. The normalized spacial score (nSPS) is 10.3. The van der Waals surface area contributed by atoms with E-state index in [1.807, 2.05) is 12.1 Å². The molecular formula is C13H11Cl2N3O. The van der Waals surface area contributed by atoms with Crippen LogP contribution in [-0.4, -0.2) is 15.9 Å². The summed E-state index contributed by atoms with van der Waals surface area (Å²) in [6.45, 7) is 2.05. The number of rotatable bonds is 3. The van der Waals surface area contributed by atoms with Gasteiger partial charge in [-0.1, -0.05) is 42.3 Å². The summed E-state index contributed by atoms with van der Waals surface area (Å²) in [6, 6.07) is 7.32. The van der Waals surface area contributed by atoms with E-state index in [-0.39, 0.29) is 21.9 Å². The summed E-state index contributed by atoms with van der Waals surface area (Å²) in [6.07, 6.45) is 2.17. The van der Waals surface area contributed by atoms with Crippen LogP contribution in [0.3, 0.4) is 0 Å². The minimum atomic E-state index is -0.292. The standard InChI is InChI=1S/C13H11Cl2N3O/c1-2-8-3-5-9(6-4-8)13(19)18-12-10(14)11(15)16-7-17-12/h3-7H,2H2,1H3,(H,16,17,18,19). The van der Waals surface area contributed by atoms with Gasteiger partial charge in [-0.2, -0.15) is 0 Å². The Labute approximate surface area is 120 Å². The van der Waals surface area contributed by atoms with E-state index >= 15 is 0 Å². The van der Waals surface area contributed by atoms with Gasteiger partial charge in [0.25, 0.3) is 5.91 Å². The molecule has 0 fully saturated rings. The molecule has 0 radical (unpaired) electrons. The minimum absolute atomic E-state index is 0.105. The summed E-state index contributed by atoms with van der Waals surface area (Å²) in [7, 11) is 0. The largest absolute Gasteiger partial charge is 0.305 e. The van der Waals surface area contributed by atoms with E-state index < -0.39 is 0 Å². The first kappa shape index (κ1) is 13.8. The average molecular weight is 296 g/mol. The number of anilines is 1. The Morgan fingerprint density at radius 3 is 2.53 bits per heavy atom. The third kappa shape index (κ3) is 3.22. The molecule has 0 atom stereocenters. The van der Waals surface area contributed by atoms with Crippen molar-refractivity contribution in [3.8, 4) is 0 Å². The molecule has 0 aliphatic carbocycles. The second kappa shape index (κ2) is 5.99. The van der Waals surface area contributed by atoms with Gasteiger partial charge < -0.3 is 5.32 Å². The number of halogens is 2. The number of nitrogens with zero attached hydrogens (tertiary/aromatic N) is 2. The van der Waals surface area contributed by atoms with Crippen LogP contribution in [0, 0.1) is 0 Å². The highest BCUT2D eigenvalue weighted by atomic mass is 35.5. The van der Waals surface area contributed by atoms with Crippen molar-refractivity contribution < 1.29 is 4.79 Å². The molecule has 4 nitrogen and oxygen atoms in total. The van der Waals surface area contributed by atoms with Gasteiger partial charge >= 0.3 is 0 Å². The molecule has 19 heavy (non-hydrogen) atoms. The third-order valence-electron chi connectivity index (χ3n) is 2.60. The zero-order valence-corrected chi connectivity index (χ0v) is 11.7. The fraction of sp³-hybridized carbons (Fsp3) is 0.154. The number of amides is 1. The maximum absolute atomic E-state index is 12.0. The number of nitrogens with one attached hydrogen (secondary N) is 1. The summed E-state index contributed by atoms with van der Waals surface area (Å²) in [4.78, 5) is 19.6.